The number of benzene rings is 3. The van der Waals surface area contributed by atoms with Crippen LogP contribution in [0.1, 0.15) is 0 Å². The molecule has 0 atom stereocenters. The van der Waals surface area contributed by atoms with Crippen molar-refractivity contribution in [2.45, 2.75) is 0 Å². The van der Waals surface area contributed by atoms with Gasteiger partial charge in [-0.05, 0) is 31.3 Å². The third-order valence-corrected chi connectivity index (χ3v) is 5.11. The first-order chi connectivity index (χ1) is 16.3. The molecule has 0 unspecified atom stereocenters. The standard InChI is InChI=1S/C24H20F3N3O4/c1-30(11-21(31)28-16-8-7-15(25)23(26)24(16)27)12-22(32)29-17-10-19-14(9-20(17)33-2)13-5-3-4-6-18(13)34-19/h3-10H,11-12H2,1-2H3,(H,28,31)(H,29,32). The summed E-state index contributed by atoms with van der Waals surface area (Å²) >= 11 is 0. The van der Waals surface area contributed by atoms with E-state index in [2.05, 4.69) is 10.6 Å². The molecule has 1 aromatic heterocycles. The Bertz CT molecular complexity index is 1400. The van der Waals surface area contributed by atoms with Crippen LogP contribution in [0, 0.1) is 17.5 Å². The normalized spacial score (nSPS) is 11.2. The van der Waals surface area contributed by atoms with Gasteiger partial charge in [-0.3, -0.25) is 14.5 Å². The zero-order chi connectivity index (χ0) is 24.4. The minimum atomic E-state index is -1.68. The summed E-state index contributed by atoms with van der Waals surface area (Å²) in [5.74, 6) is -5.26. The SMILES string of the molecule is COc1cc2c(cc1NC(=O)CN(C)CC(=O)Nc1ccc(F)c(F)c1F)oc1ccccc12. The number of nitrogens with zero attached hydrogens (tertiary/aromatic N) is 1. The molecule has 0 saturated carbocycles. The first-order valence-electron chi connectivity index (χ1n) is 10.2. The largest absolute Gasteiger partial charge is 0.495 e. The minimum Gasteiger partial charge on any atom is -0.495 e. The predicted molar refractivity (Wildman–Crippen MR) is 121 cm³/mol. The highest BCUT2D eigenvalue weighted by Gasteiger charge is 2.18. The Morgan fingerprint density at radius 2 is 1.56 bits per heavy atom. The molecule has 7 nitrogen and oxygen atoms in total. The van der Waals surface area contributed by atoms with Crippen LogP contribution in [0.15, 0.2) is 52.9 Å². The number of halogens is 3. The second kappa shape index (κ2) is 9.44. The molecule has 0 saturated heterocycles. The maximum atomic E-state index is 13.7. The lowest BCUT2D eigenvalue weighted by Crippen LogP contribution is -2.36. The molecule has 0 radical (unpaired) electrons. The zero-order valence-corrected chi connectivity index (χ0v) is 18.2. The van der Waals surface area contributed by atoms with E-state index in [4.69, 9.17) is 9.15 Å². The number of rotatable bonds is 7. The van der Waals surface area contributed by atoms with Crippen LogP contribution in [0.4, 0.5) is 24.5 Å². The summed E-state index contributed by atoms with van der Waals surface area (Å²) in [7, 11) is 2.98. The molecular formula is C24H20F3N3O4. The average molecular weight is 471 g/mol. The van der Waals surface area contributed by atoms with Crippen LogP contribution in [0.5, 0.6) is 5.75 Å². The molecular weight excluding hydrogens is 451 g/mol. The quantitative estimate of drug-likeness (QED) is 0.387. The van der Waals surface area contributed by atoms with Gasteiger partial charge in [-0.1, -0.05) is 18.2 Å². The Hall–Kier alpha value is -4.05. The molecule has 0 bridgehead atoms. The number of ether oxygens (including phenoxy) is 1. The number of amides is 2. The molecule has 4 rings (SSSR count). The van der Waals surface area contributed by atoms with Crippen molar-refractivity contribution in [3.63, 3.8) is 0 Å². The minimum absolute atomic E-state index is 0.186. The van der Waals surface area contributed by atoms with Crippen LogP contribution in [0.3, 0.4) is 0 Å². The first kappa shape index (κ1) is 23.1. The van der Waals surface area contributed by atoms with E-state index in [0.29, 0.717) is 28.7 Å². The van der Waals surface area contributed by atoms with E-state index in [-0.39, 0.29) is 13.1 Å². The molecule has 10 heteroatoms. The molecule has 3 aromatic carbocycles. The van der Waals surface area contributed by atoms with Gasteiger partial charge < -0.3 is 19.8 Å². The number of methoxy groups -OCH3 is 1. The number of para-hydroxylation sites is 1. The van der Waals surface area contributed by atoms with Gasteiger partial charge in [-0.25, -0.2) is 13.2 Å². The van der Waals surface area contributed by atoms with Crippen LogP contribution < -0.4 is 15.4 Å². The first-order valence-corrected chi connectivity index (χ1v) is 10.2. The lowest BCUT2D eigenvalue weighted by atomic mass is 10.1. The fourth-order valence-corrected chi connectivity index (χ4v) is 3.57. The van der Waals surface area contributed by atoms with Crippen LogP contribution in [-0.2, 0) is 9.59 Å². The Morgan fingerprint density at radius 3 is 2.26 bits per heavy atom. The van der Waals surface area contributed by atoms with Crippen molar-refractivity contribution >= 4 is 45.1 Å². The highest BCUT2D eigenvalue weighted by molar-refractivity contribution is 6.08. The van der Waals surface area contributed by atoms with Gasteiger partial charge in [0.2, 0.25) is 11.8 Å². The van der Waals surface area contributed by atoms with Gasteiger partial charge >= 0.3 is 0 Å². The number of hydrogen-bond acceptors (Lipinski definition) is 5. The van der Waals surface area contributed by atoms with Crippen LogP contribution >= 0.6 is 0 Å². The summed E-state index contributed by atoms with van der Waals surface area (Å²) in [6, 6.07) is 12.6. The van der Waals surface area contributed by atoms with Crippen molar-refractivity contribution in [1.82, 2.24) is 4.90 Å². The second-order valence-electron chi connectivity index (χ2n) is 7.64. The number of anilines is 2. The lowest BCUT2D eigenvalue weighted by Gasteiger charge is -2.17. The third kappa shape index (κ3) is 4.67. The van der Waals surface area contributed by atoms with Gasteiger partial charge in [0.15, 0.2) is 17.5 Å². The van der Waals surface area contributed by atoms with Gasteiger partial charge in [-0.15, -0.1) is 0 Å². The topological polar surface area (TPSA) is 83.8 Å². The van der Waals surface area contributed by atoms with Gasteiger partial charge in [-0.2, -0.15) is 0 Å². The summed E-state index contributed by atoms with van der Waals surface area (Å²) in [6.07, 6.45) is 0. The summed E-state index contributed by atoms with van der Waals surface area (Å²) in [5.41, 5.74) is 1.16. The number of furan rings is 1. The Morgan fingerprint density at radius 1 is 0.882 bits per heavy atom. The Labute approximate surface area is 192 Å². The Kier molecular flexibility index (Phi) is 6.42. The predicted octanol–water partition coefficient (Wildman–Crippen LogP) is 4.52. The fourth-order valence-electron chi connectivity index (χ4n) is 3.57. The number of carbonyl (C=O) groups is 2. The number of carbonyl (C=O) groups excluding carboxylic acids is 2. The van der Waals surface area contributed by atoms with Crippen molar-refractivity contribution in [2.24, 2.45) is 0 Å². The molecule has 4 aromatic rings. The van der Waals surface area contributed by atoms with Gasteiger partial charge in [0, 0.05) is 16.8 Å². The highest BCUT2D eigenvalue weighted by atomic mass is 19.2. The van der Waals surface area contributed by atoms with Gasteiger partial charge in [0.25, 0.3) is 0 Å². The van der Waals surface area contributed by atoms with Crippen molar-refractivity contribution < 1.29 is 31.9 Å². The van der Waals surface area contributed by atoms with E-state index in [1.54, 1.807) is 12.1 Å². The maximum absolute atomic E-state index is 13.7. The van der Waals surface area contributed by atoms with Crippen LogP contribution in [-0.4, -0.2) is 44.0 Å². The van der Waals surface area contributed by atoms with E-state index >= 15 is 0 Å². The maximum Gasteiger partial charge on any atom is 0.238 e. The summed E-state index contributed by atoms with van der Waals surface area (Å²) in [5, 5.41) is 6.63. The average Bonchev–Trinajstić information content (AvgIpc) is 3.16. The Balaban J connectivity index is 1.41. The van der Waals surface area contributed by atoms with Gasteiger partial charge in [0.1, 0.15) is 16.9 Å². The molecule has 0 aliphatic rings. The van der Waals surface area contributed by atoms with Crippen molar-refractivity contribution in [3.8, 4) is 5.75 Å². The summed E-state index contributed by atoms with van der Waals surface area (Å²) < 4.78 is 51.3. The van der Waals surface area contributed by atoms with E-state index < -0.39 is 35.0 Å². The number of fused-ring (bicyclic) bond motifs is 3. The van der Waals surface area contributed by atoms with Crippen molar-refractivity contribution in [3.05, 3.63) is 66.0 Å². The van der Waals surface area contributed by atoms with Crippen molar-refractivity contribution in [2.75, 3.05) is 37.9 Å². The molecule has 1 heterocycles. The number of nitrogens with one attached hydrogen (secondary N) is 2. The lowest BCUT2D eigenvalue weighted by molar-refractivity contribution is -0.119. The molecule has 0 spiro atoms. The van der Waals surface area contributed by atoms with E-state index in [1.807, 2.05) is 24.3 Å². The smallest absolute Gasteiger partial charge is 0.238 e. The number of likely N-dealkylation sites (N-methyl/N-ethyl adjacent to an activating group) is 1. The molecule has 0 fully saturated rings. The van der Waals surface area contributed by atoms with Gasteiger partial charge in [0.05, 0.1) is 31.6 Å². The van der Waals surface area contributed by atoms with E-state index in [1.165, 1.54) is 19.1 Å². The number of hydrogen-bond donors (Lipinski definition) is 2. The molecule has 0 aliphatic heterocycles. The molecule has 2 N–H and O–H groups in total. The molecule has 34 heavy (non-hydrogen) atoms. The van der Waals surface area contributed by atoms with E-state index in [0.717, 1.165) is 16.8 Å². The fraction of sp³-hybridized carbons (Fsp3) is 0.167. The molecule has 0 aliphatic carbocycles. The summed E-state index contributed by atoms with van der Waals surface area (Å²) in [4.78, 5) is 26.1. The second-order valence-corrected chi connectivity index (χ2v) is 7.64. The van der Waals surface area contributed by atoms with Crippen LogP contribution in [0.2, 0.25) is 0 Å². The third-order valence-electron chi connectivity index (χ3n) is 5.11. The monoisotopic (exact) mass is 471 g/mol. The molecule has 2 amide bonds. The van der Waals surface area contributed by atoms with Crippen molar-refractivity contribution in [1.29, 1.82) is 0 Å². The summed E-state index contributed by atoms with van der Waals surface area (Å²) in [6.45, 7) is -0.486. The van der Waals surface area contributed by atoms with Crippen LogP contribution in [0.25, 0.3) is 21.9 Å². The van der Waals surface area contributed by atoms with E-state index in [9.17, 15) is 22.8 Å². The highest BCUT2D eigenvalue weighted by Crippen LogP contribution is 2.36. The molecule has 176 valence electrons. The zero-order valence-electron chi connectivity index (χ0n) is 18.2.